The average Bonchev–Trinajstić information content (AvgIpc) is 2.99. The first kappa shape index (κ1) is 19.5. The molecule has 0 radical (unpaired) electrons. The first-order valence-electron chi connectivity index (χ1n) is 7.61. The molecule has 3 rings (SSSR count). The normalized spacial score (nSPS) is 25.5. The van der Waals surface area contributed by atoms with Gasteiger partial charge in [-0.3, -0.25) is 9.59 Å². The van der Waals surface area contributed by atoms with Crippen molar-refractivity contribution in [3.05, 3.63) is 28.2 Å². The minimum atomic E-state index is -3.18. The van der Waals surface area contributed by atoms with E-state index in [9.17, 15) is 18.0 Å². The highest BCUT2D eigenvalue weighted by molar-refractivity contribution is 8.16. The molecule has 1 N–H and O–H groups in total. The van der Waals surface area contributed by atoms with Crippen LogP contribution in [0.5, 0.6) is 0 Å². The first-order valence-corrected chi connectivity index (χ1v) is 11.1. The molecule has 140 valence electrons. The number of rotatable bonds is 4. The summed E-state index contributed by atoms with van der Waals surface area (Å²) in [5.74, 6) is -1.69. The summed E-state index contributed by atoms with van der Waals surface area (Å²) >= 11 is 13.2. The zero-order valence-electron chi connectivity index (χ0n) is 13.3. The number of benzene rings is 1. The van der Waals surface area contributed by atoms with Gasteiger partial charge in [-0.15, -0.1) is 0 Å². The summed E-state index contributed by atoms with van der Waals surface area (Å²) in [7, 11) is -3.18. The number of sulfone groups is 1. The number of hydrogen-bond donors (Lipinski definition) is 1. The molecule has 0 aliphatic carbocycles. The molecule has 26 heavy (non-hydrogen) atoms. The number of anilines is 1. The van der Waals surface area contributed by atoms with Crippen LogP contribution >= 0.6 is 35.0 Å². The Morgan fingerprint density at radius 2 is 1.96 bits per heavy atom. The number of fused-ring (bicyclic) bond motifs is 1. The summed E-state index contributed by atoms with van der Waals surface area (Å²) in [4.78, 5) is 28.3. The van der Waals surface area contributed by atoms with Gasteiger partial charge >= 0.3 is 5.97 Å². The highest BCUT2D eigenvalue weighted by Gasteiger charge is 2.49. The van der Waals surface area contributed by atoms with Crippen LogP contribution in [0.1, 0.15) is 12.8 Å². The lowest BCUT2D eigenvalue weighted by Gasteiger charge is -2.24. The molecule has 1 aromatic carbocycles. The van der Waals surface area contributed by atoms with Crippen molar-refractivity contribution in [2.24, 2.45) is 4.99 Å². The number of carbonyl (C=O) groups excluding carboxylic acids is 1. The molecule has 0 bridgehead atoms. The maximum atomic E-state index is 12.0. The van der Waals surface area contributed by atoms with Crippen LogP contribution < -0.4 is 4.90 Å². The molecule has 2 heterocycles. The zero-order chi connectivity index (χ0) is 19.1. The van der Waals surface area contributed by atoms with E-state index in [-0.39, 0.29) is 35.6 Å². The second kappa shape index (κ2) is 7.38. The van der Waals surface area contributed by atoms with Crippen molar-refractivity contribution in [3.63, 3.8) is 0 Å². The summed E-state index contributed by atoms with van der Waals surface area (Å²) in [5, 5.41) is 9.45. The van der Waals surface area contributed by atoms with Crippen LogP contribution in [-0.2, 0) is 19.4 Å². The number of carboxylic acid groups (broad SMARTS) is 1. The standard InChI is InChI=1S/C15H14Cl2N2O5S2/c16-9-2-1-8(5-10(9)17)19-11-6-26(23,24)7-12(11)25-15(19)18-13(20)3-4-14(21)22/h1-2,5,11-12H,3-4,6-7H2,(H,21,22)/t11-,12-/m1/s1. The number of carboxylic acids is 1. The fourth-order valence-corrected chi connectivity index (χ4v) is 7.10. The van der Waals surface area contributed by atoms with E-state index in [1.165, 1.54) is 11.8 Å². The molecule has 0 saturated carbocycles. The molecule has 0 spiro atoms. The predicted molar refractivity (Wildman–Crippen MR) is 102 cm³/mol. The third-order valence-electron chi connectivity index (χ3n) is 4.02. The minimum Gasteiger partial charge on any atom is -0.481 e. The van der Waals surface area contributed by atoms with E-state index in [4.69, 9.17) is 28.3 Å². The lowest BCUT2D eigenvalue weighted by molar-refractivity contribution is -0.138. The summed E-state index contributed by atoms with van der Waals surface area (Å²) in [5.41, 5.74) is 0.585. The highest BCUT2D eigenvalue weighted by atomic mass is 35.5. The van der Waals surface area contributed by atoms with Gasteiger partial charge in [0.25, 0.3) is 0 Å². The second-order valence-corrected chi connectivity index (χ2v) is 10.1. The third-order valence-corrected chi connectivity index (χ3v) is 7.97. The second-order valence-electron chi connectivity index (χ2n) is 5.95. The van der Waals surface area contributed by atoms with Crippen molar-refractivity contribution in [1.82, 2.24) is 0 Å². The number of thioether (sulfide) groups is 1. The molecule has 2 saturated heterocycles. The summed E-state index contributed by atoms with van der Waals surface area (Å²) in [6, 6.07) is 4.49. The summed E-state index contributed by atoms with van der Waals surface area (Å²) in [6.07, 6.45) is -0.531. The van der Waals surface area contributed by atoms with Gasteiger partial charge < -0.3 is 10.0 Å². The molecule has 0 unspecified atom stereocenters. The van der Waals surface area contributed by atoms with Crippen LogP contribution in [0.4, 0.5) is 5.69 Å². The quantitative estimate of drug-likeness (QED) is 0.772. The zero-order valence-corrected chi connectivity index (χ0v) is 16.4. The molecular weight excluding hydrogens is 423 g/mol. The smallest absolute Gasteiger partial charge is 0.303 e. The Morgan fingerprint density at radius 1 is 1.23 bits per heavy atom. The fraction of sp³-hybridized carbons (Fsp3) is 0.400. The molecule has 7 nitrogen and oxygen atoms in total. The number of aliphatic carboxylic acids is 1. The van der Waals surface area contributed by atoms with Gasteiger partial charge in [0, 0.05) is 17.4 Å². The number of carbonyl (C=O) groups is 2. The number of aliphatic imine (C=N–C) groups is 1. The van der Waals surface area contributed by atoms with Gasteiger partial charge in [-0.1, -0.05) is 35.0 Å². The van der Waals surface area contributed by atoms with E-state index in [0.29, 0.717) is 20.9 Å². The Kier molecular flexibility index (Phi) is 5.53. The van der Waals surface area contributed by atoms with E-state index in [2.05, 4.69) is 4.99 Å². The van der Waals surface area contributed by atoms with Crippen molar-refractivity contribution < 1.29 is 23.1 Å². The van der Waals surface area contributed by atoms with Crippen LogP contribution in [-0.4, -0.2) is 53.4 Å². The number of amides is 1. The van der Waals surface area contributed by atoms with Gasteiger partial charge in [0.05, 0.1) is 34.0 Å². The lowest BCUT2D eigenvalue weighted by Crippen LogP contribution is -2.37. The molecule has 2 aliphatic heterocycles. The van der Waals surface area contributed by atoms with E-state index < -0.39 is 21.7 Å². The van der Waals surface area contributed by atoms with E-state index in [0.717, 1.165) is 0 Å². The average molecular weight is 437 g/mol. The maximum Gasteiger partial charge on any atom is 0.303 e. The molecular formula is C15H14Cl2N2O5S2. The minimum absolute atomic E-state index is 0.00247. The molecule has 1 aromatic rings. The molecule has 1 amide bonds. The molecule has 2 atom stereocenters. The fourth-order valence-electron chi connectivity index (χ4n) is 2.88. The SMILES string of the molecule is O=C(O)CCC(=O)N=C1S[C@@H]2CS(=O)(=O)C[C@H]2N1c1ccc(Cl)c(Cl)c1. The Labute approximate surface area is 164 Å². The van der Waals surface area contributed by atoms with Gasteiger partial charge in [-0.05, 0) is 18.2 Å². The molecule has 0 aromatic heterocycles. The Bertz CT molecular complexity index is 903. The van der Waals surface area contributed by atoms with Gasteiger partial charge in [-0.25, -0.2) is 8.42 Å². The monoisotopic (exact) mass is 436 g/mol. The number of amidine groups is 1. The van der Waals surface area contributed by atoms with E-state index in [1.54, 1.807) is 23.1 Å². The Balaban J connectivity index is 1.94. The summed E-state index contributed by atoms with van der Waals surface area (Å²) < 4.78 is 24.0. The van der Waals surface area contributed by atoms with E-state index >= 15 is 0 Å². The van der Waals surface area contributed by atoms with Crippen LogP contribution in [0, 0.1) is 0 Å². The van der Waals surface area contributed by atoms with Gasteiger partial charge in [0.15, 0.2) is 15.0 Å². The predicted octanol–water partition coefficient (Wildman–Crippen LogP) is 2.46. The van der Waals surface area contributed by atoms with Crippen molar-refractivity contribution in [2.45, 2.75) is 24.1 Å². The van der Waals surface area contributed by atoms with Crippen molar-refractivity contribution >= 4 is 67.5 Å². The Morgan fingerprint density at radius 3 is 2.62 bits per heavy atom. The topological polar surface area (TPSA) is 104 Å². The van der Waals surface area contributed by atoms with Crippen molar-refractivity contribution in [2.75, 3.05) is 16.4 Å². The van der Waals surface area contributed by atoms with Crippen molar-refractivity contribution in [3.8, 4) is 0 Å². The van der Waals surface area contributed by atoms with Gasteiger partial charge in [0.1, 0.15) is 0 Å². The van der Waals surface area contributed by atoms with Crippen LogP contribution in [0.2, 0.25) is 10.0 Å². The summed E-state index contributed by atoms with van der Waals surface area (Å²) in [6.45, 7) is 0. The third kappa shape index (κ3) is 4.16. The first-order chi connectivity index (χ1) is 12.2. The maximum absolute atomic E-state index is 12.0. The van der Waals surface area contributed by atoms with Crippen LogP contribution in [0.3, 0.4) is 0 Å². The molecule has 2 aliphatic rings. The van der Waals surface area contributed by atoms with Crippen LogP contribution in [0.15, 0.2) is 23.2 Å². The molecule has 2 fully saturated rings. The number of halogens is 2. The lowest BCUT2D eigenvalue weighted by atomic mass is 10.2. The molecule has 11 heteroatoms. The largest absolute Gasteiger partial charge is 0.481 e. The van der Waals surface area contributed by atoms with Crippen LogP contribution in [0.25, 0.3) is 0 Å². The number of hydrogen-bond acceptors (Lipinski definition) is 5. The van der Waals surface area contributed by atoms with Gasteiger partial charge in [0.2, 0.25) is 5.91 Å². The van der Waals surface area contributed by atoms with E-state index in [1.807, 2.05) is 0 Å². The highest BCUT2D eigenvalue weighted by Crippen LogP contribution is 2.42. The van der Waals surface area contributed by atoms with Crippen molar-refractivity contribution in [1.29, 1.82) is 0 Å². The van der Waals surface area contributed by atoms with Gasteiger partial charge in [-0.2, -0.15) is 4.99 Å². The Hall–Kier alpha value is -1.29. The number of nitrogens with zero attached hydrogens (tertiary/aromatic N) is 2.